The summed E-state index contributed by atoms with van der Waals surface area (Å²) in [5.74, 6) is -1.16. The Bertz CT molecular complexity index is 644. The van der Waals surface area contributed by atoms with Crippen LogP contribution in [0.1, 0.15) is 27.8 Å². The van der Waals surface area contributed by atoms with Crippen molar-refractivity contribution in [2.75, 3.05) is 12.3 Å². The van der Waals surface area contributed by atoms with Gasteiger partial charge in [0.2, 0.25) is 0 Å². The van der Waals surface area contributed by atoms with E-state index in [2.05, 4.69) is 4.98 Å². The van der Waals surface area contributed by atoms with E-state index in [9.17, 15) is 9.59 Å². The van der Waals surface area contributed by atoms with Gasteiger partial charge in [-0.05, 0) is 24.6 Å². The number of carbonyl (C=O) groups is 2. The smallest absolute Gasteiger partial charge is 0.340 e. The molecule has 20 heavy (non-hydrogen) atoms. The molecule has 6 nitrogen and oxygen atoms in total. The van der Waals surface area contributed by atoms with Crippen molar-refractivity contribution in [3.05, 3.63) is 41.7 Å². The molecule has 1 amide bonds. The quantitative estimate of drug-likeness (QED) is 0.579. The number of hydrogen-bond donors (Lipinski definition) is 3. The summed E-state index contributed by atoms with van der Waals surface area (Å²) >= 11 is 0. The number of esters is 1. The van der Waals surface area contributed by atoms with Gasteiger partial charge in [0.05, 0.1) is 12.2 Å². The highest BCUT2D eigenvalue weighted by molar-refractivity contribution is 6.06. The van der Waals surface area contributed by atoms with Crippen LogP contribution in [-0.4, -0.2) is 23.5 Å². The first kappa shape index (κ1) is 13.7. The number of nitrogens with two attached hydrogens (primary N) is 2. The zero-order valence-corrected chi connectivity index (χ0v) is 11.0. The van der Waals surface area contributed by atoms with Gasteiger partial charge < -0.3 is 21.2 Å². The molecule has 1 heterocycles. The third kappa shape index (κ3) is 2.49. The van der Waals surface area contributed by atoms with Gasteiger partial charge in [-0.1, -0.05) is 12.1 Å². The van der Waals surface area contributed by atoms with Gasteiger partial charge in [0.25, 0.3) is 5.91 Å². The summed E-state index contributed by atoms with van der Waals surface area (Å²) in [6, 6.07) is 6.80. The van der Waals surface area contributed by atoms with Gasteiger partial charge >= 0.3 is 5.97 Å². The maximum Gasteiger partial charge on any atom is 0.340 e. The average Bonchev–Trinajstić information content (AvgIpc) is 2.84. The molecule has 0 saturated heterocycles. The molecule has 6 heteroatoms. The summed E-state index contributed by atoms with van der Waals surface area (Å²) < 4.78 is 4.97. The first-order valence-corrected chi connectivity index (χ1v) is 6.08. The lowest BCUT2D eigenvalue weighted by atomic mass is 10.0. The number of rotatable bonds is 4. The molecule has 0 fully saturated rings. The van der Waals surface area contributed by atoms with E-state index in [0.717, 1.165) is 0 Å². The maximum absolute atomic E-state index is 11.9. The number of primary amides is 1. The minimum Gasteiger partial charge on any atom is -0.462 e. The van der Waals surface area contributed by atoms with Gasteiger partial charge in [-0.15, -0.1) is 0 Å². The summed E-state index contributed by atoms with van der Waals surface area (Å²) in [5.41, 5.74) is 13.1. The Morgan fingerprint density at radius 1 is 1.25 bits per heavy atom. The van der Waals surface area contributed by atoms with Crippen LogP contribution in [0.2, 0.25) is 0 Å². The van der Waals surface area contributed by atoms with Crippen molar-refractivity contribution in [1.82, 2.24) is 4.98 Å². The molecule has 0 saturated carbocycles. The molecule has 0 spiro atoms. The molecule has 0 aliphatic heterocycles. The Morgan fingerprint density at radius 2 is 1.90 bits per heavy atom. The van der Waals surface area contributed by atoms with Crippen molar-refractivity contribution < 1.29 is 14.3 Å². The van der Waals surface area contributed by atoms with Crippen LogP contribution in [0, 0.1) is 0 Å². The Kier molecular flexibility index (Phi) is 3.74. The van der Waals surface area contributed by atoms with Crippen molar-refractivity contribution in [2.45, 2.75) is 6.92 Å². The van der Waals surface area contributed by atoms with Crippen LogP contribution in [0.25, 0.3) is 11.1 Å². The highest BCUT2D eigenvalue weighted by atomic mass is 16.5. The lowest BCUT2D eigenvalue weighted by Gasteiger charge is -2.06. The molecule has 0 radical (unpaired) electrons. The summed E-state index contributed by atoms with van der Waals surface area (Å²) in [5, 5.41) is 0. The number of hydrogen-bond acceptors (Lipinski definition) is 4. The summed E-state index contributed by atoms with van der Waals surface area (Å²) in [7, 11) is 0. The molecular formula is C14H15N3O3. The molecular weight excluding hydrogens is 258 g/mol. The van der Waals surface area contributed by atoms with Crippen LogP contribution in [0.5, 0.6) is 0 Å². The normalized spacial score (nSPS) is 10.2. The van der Waals surface area contributed by atoms with E-state index in [-0.39, 0.29) is 17.9 Å². The molecule has 0 atom stereocenters. The minimum atomic E-state index is -0.646. The predicted octanol–water partition coefficient (Wildman–Crippen LogP) is 1.54. The fourth-order valence-electron chi connectivity index (χ4n) is 1.94. The molecule has 0 unspecified atom stereocenters. The van der Waals surface area contributed by atoms with E-state index in [0.29, 0.717) is 16.8 Å². The molecule has 0 aliphatic carbocycles. The van der Waals surface area contributed by atoms with Crippen molar-refractivity contribution in [2.24, 2.45) is 5.73 Å². The molecule has 0 bridgehead atoms. The van der Waals surface area contributed by atoms with Crippen LogP contribution in [-0.2, 0) is 4.74 Å². The molecule has 2 aromatic rings. The fraction of sp³-hybridized carbons (Fsp3) is 0.143. The van der Waals surface area contributed by atoms with E-state index in [1.54, 1.807) is 31.2 Å². The monoisotopic (exact) mass is 273 g/mol. The van der Waals surface area contributed by atoms with Gasteiger partial charge in [-0.3, -0.25) is 4.79 Å². The Hall–Kier alpha value is -2.76. The molecule has 1 aromatic carbocycles. The van der Waals surface area contributed by atoms with Crippen molar-refractivity contribution in [3.8, 4) is 11.1 Å². The maximum atomic E-state index is 11.9. The minimum absolute atomic E-state index is 0.165. The number of nitrogens with one attached hydrogen (secondary N) is 1. The number of anilines is 1. The summed E-state index contributed by atoms with van der Waals surface area (Å²) in [6.07, 6.45) is 1.42. The predicted molar refractivity (Wildman–Crippen MR) is 75.1 cm³/mol. The van der Waals surface area contributed by atoms with Crippen LogP contribution < -0.4 is 11.5 Å². The van der Waals surface area contributed by atoms with Gasteiger partial charge in [0, 0.05) is 17.4 Å². The molecule has 104 valence electrons. The van der Waals surface area contributed by atoms with Crippen LogP contribution >= 0.6 is 0 Å². The molecule has 1 aromatic heterocycles. The first-order chi connectivity index (χ1) is 9.54. The standard InChI is InChI=1S/C14H15N3O3/c1-2-20-14(19)10-7-17-12(13(16)18)11(10)8-3-5-9(15)6-4-8/h3-7,17H,2,15H2,1H3,(H2,16,18). The van der Waals surface area contributed by atoms with E-state index >= 15 is 0 Å². The number of aromatic amines is 1. The average molecular weight is 273 g/mol. The van der Waals surface area contributed by atoms with Crippen molar-refractivity contribution in [1.29, 1.82) is 0 Å². The van der Waals surface area contributed by atoms with E-state index < -0.39 is 11.9 Å². The second kappa shape index (κ2) is 5.48. The summed E-state index contributed by atoms with van der Waals surface area (Å²) in [6.45, 7) is 1.96. The lowest BCUT2D eigenvalue weighted by molar-refractivity contribution is 0.0527. The molecule has 0 aliphatic rings. The van der Waals surface area contributed by atoms with Gasteiger partial charge in [-0.2, -0.15) is 0 Å². The van der Waals surface area contributed by atoms with Crippen LogP contribution in [0.15, 0.2) is 30.5 Å². The summed E-state index contributed by atoms with van der Waals surface area (Å²) in [4.78, 5) is 26.1. The molecule has 2 rings (SSSR count). The van der Waals surface area contributed by atoms with E-state index in [4.69, 9.17) is 16.2 Å². The van der Waals surface area contributed by atoms with Crippen molar-refractivity contribution in [3.63, 3.8) is 0 Å². The number of aromatic nitrogens is 1. The topological polar surface area (TPSA) is 111 Å². The third-order valence-electron chi connectivity index (χ3n) is 2.82. The Labute approximate surface area is 115 Å². The van der Waals surface area contributed by atoms with Gasteiger partial charge in [0.15, 0.2) is 0 Å². The van der Waals surface area contributed by atoms with E-state index in [1.807, 2.05) is 0 Å². The van der Waals surface area contributed by atoms with Crippen molar-refractivity contribution >= 4 is 17.6 Å². The largest absolute Gasteiger partial charge is 0.462 e. The number of carbonyl (C=O) groups excluding carboxylic acids is 2. The number of ether oxygens (including phenoxy) is 1. The first-order valence-electron chi connectivity index (χ1n) is 6.08. The second-order valence-electron chi connectivity index (χ2n) is 4.16. The fourth-order valence-corrected chi connectivity index (χ4v) is 1.94. The number of amides is 1. The highest BCUT2D eigenvalue weighted by Crippen LogP contribution is 2.28. The molecule has 5 N–H and O–H groups in total. The van der Waals surface area contributed by atoms with Crippen LogP contribution in [0.3, 0.4) is 0 Å². The van der Waals surface area contributed by atoms with E-state index in [1.165, 1.54) is 6.20 Å². The third-order valence-corrected chi connectivity index (χ3v) is 2.82. The number of benzene rings is 1. The highest BCUT2D eigenvalue weighted by Gasteiger charge is 2.22. The second-order valence-corrected chi connectivity index (χ2v) is 4.16. The SMILES string of the molecule is CCOC(=O)c1c[nH]c(C(N)=O)c1-c1ccc(N)cc1. The number of nitrogen functional groups attached to an aromatic ring is 1. The van der Waals surface area contributed by atoms with Crippen LogP contribution in [0.4, 0.5) is 5.69 Å². The zero-order chi connectivity index (χ0) is 14.7. The Morgan fingerprint density at radius 3 is 2.45 bits per heavy atom. The van der Waals surface area contributed by atoms with Gasteiger partial charge in [-0.25, -0.2) is 4.79 Å². The van der Waals surface area contributed by atoms with Gasteiger partial charge in [0.1, 0.15) is 5.69 Å². The zero-order valence-electron chi connectivity index (χ0n) is 11.0. The number of H-pyrrole nitrogens is 1. The lowest BCUT2D eigenvalue weighted by Crippen LogP contribution is -2.13. The Balaban J connectivity index is 2.58.